The Hall–Kier alpha value is -1.35. The topological polar surface area (TPSA) is 36.0 Å². The summed E-state index contributed by atoms with van der Waals surface area (Å²) in [5.74, 6) is 0.254. The molecule has 0 atom stereocenters. The maximum atomic E-state index is 10.2. The Labute approximate surface area is 119 Å². The number of aryl methyl sites for hydroxylation is 1. The molecular formula is C16H21NOS. The maximum absolute atomic E-state index is 10.2. The van der Waals surface area contributed by atoms with Gasteiger partial charge in [-0.25, -0.2) is 0 Å². The van der Waals surface area contributed by atoms with Gasteiger partial charge in [0.05, 0.1) is 10.2 Å². The van der Waals surface area contributed by atoms with Crippen molar-refractivity contribution >= 4 is 23.1 Å². The van der Waals surface area contributed by atoms with Gasteiger partial charge in [0.25, 0.3) is 0 Å². The van der Waals surface area contributed by atoms with Crippen LogP contribution in [0.15, 0.2) is 24.3 Å². The van der Waals surface area contributed by atoms with Crippen molar-refractivity contribution in [1.82, 2.24) is 4.98 Å². The molecule has 102 valence electrons. The molecule has 0 fully saturated rings. The second-order valence-corrected chi connectivity index (χ2v) is 5.40. The SMILES string of the molecule is CCCCCCCc1[nH]c2ccccc2c(=S)c1O. The summed E-state index contributed by atoms with van der Waals surface area (Å²) in [5, 5.41) is 11.1. The largest absolute Gasteiger partial charge is 0.505 e. The summed E-state index contributed by atoms with van der Waals surface area (Å²) in [7, 11) is 0. The van der Waals surface area contributed by atoms with Crippen LogP contribution in [0, 0.1) is 4.51 Å². The average molecular weight is 275 g/mol. The first-order valence-electron chi connectivity index (χ1n) is 7.07. The highest BCUT2D eigenvalue weighted by molar-refractivity contribution is 7.71. The van der Waals surface area contributed by atoms with Gasteiger partial charge in [0.15, 0.2) is 5.75 Å². The van der Waals surface area contributed by atoms with Crippen molar-refractivity contribution in [1.29, 1.82) is 0 Å². The summed E-state index contributed by atoms with van der Waals surface area (Å²) in [4.78, 5) is 3.31. The lowest BCUT2D eigenvalue weighted by Crippen LogP contribution is -1.94. The van der Waals surface area contributed by atoms with Gasteiger partial charge in [0.2, 0.25) is 0 Å². The van der Waals surface area contributed by atoms with E-state index in [2.05, 4.69) is 11.9 Å². The molecule has 0 unspecified atom stereocenters. The first kappa shape index (κ1) is 14.1. The molecule has 0 amide bonds. The number of aromatic hydroxyl groups is 1. The molecule has 0 saturated carbocycles. The summed E-state index contributed by atoms with van der Waals surface area (Å²) < 4.78 is 0.568. The summed E-state index contributed by atoms with van der Waals surface area (Å²) in [5.41, 5.74) is 1.88. The predicted molar refractivity (Wildman–Crippen MR) is 83.3 cm³/mol. The van der Waals surface area contributed by atoms with Gasteiger partial charge in [0, 0.05) is 10.9 Å². The number of H-pyrrole nitrogens is 1. The normalized spacial score (nSPS) is 11.0. The van der Waals surface area contributed by atoms with Gasteiger partial charge < -0.3 is 10.1 Å². The fraction of sp³-hybridized carbons (Fsp3) is 0.438. The number of hydrogen-bond donors (Lipinski definition) is 2. The highest BCUT2D eigenvalue weighted by Crippen LogP contribution is 2.26. The number of rotatable bonds is 6. The van der Waals surface area contributed by atoms with Crippen LogP contribution in [0.3, 0.4) is 0 Å². The van der Waals surface area contributed by atoms with Crippen molar-refractivity contribution in [3.63, 3.8) is 0 Å². The third-order valence-electron chi connectivity index (χ3n) is 3.49. The quantitative estimate of drug-likeness (QED) is 0.567. The molecule has 1 aromatic carbocycles. The molecule has 0 spiro atoms. The molecule has 0 aliphatic heterocycles. The molecule has 1 aromatic heterocycles. The first-order valence-corrected chi connectivity index (χ1v) is 7.47. The highest BCUT2D eigenvalue weighted by atomic mass is 32.1. The van der Waals surface area contributed by atoms with Gasteiger partial charge in [-0.2, -0.15) is 0 Å². The Morgan fingerprint density at radius 1 is 1.11 bits per heavy atom. The van der Waals surface area contributed by atoms with Gasteiger partial charge in [-0.15, -0.1) is 0 Å². The van der Waals surface area contributed by atoms with E-state index < -0.39 is 0 Å². The molecule has 2 N–H and O–H groups in total. The average Bonchev–Trinajstić information content (AvgIpc) is 2.44. The lowest BCUT2D eigenvalue weighted by molar-refractivity contribution is 0.461. The summed E-state index contributed by atoms with van der Waals surface area (Å²) in [6, 6.07) is 7.87. The fourth-order valence-corrected chi connectivity index (χ4v) is 2.66. The zero-order valence-electron chi connectivity index (χ0n) is 11.4. The number of aromatic nitrogens is 1. The molecule has 0 aliphatic rings. The van der Waals surface area contributed by atoms with Crippen LogP contribution in [0.1, 0.15) is 44.7 Å². The Bertz CT molecular complexity index is 603. The standard InChI is InChI=1S/C16H21NOS/c1-2-3-4-5-6-11-14-15(18)16(19)12-9-7-8-10-13(12)17-14/h7-10,18H,2-6,11H2,1H3,(H,17,19). The van der Waals surface area contributed by atoms with E-state index in [1.54, 1.807) is 0 Å². The van der Waals surface area contributed by atoms with Crippen LogP contribution in [-0.4, -0.2) is 10.1 Å². The zero-order chi connectivity index (χ0) is 13.7. The number of pyridine rings is 1. The Kier molecular flexibility index (Phi) is 4.97. The van der Waals surface area contributed by atoms with Crippen molar-refractivity contribution in [3.8, 4) is 5.75 Å². The number of unbranched alkanes of at least 4 members (excludes halogenated alkanes) is 4. The minimum absolute atomic E-state index is 0.254. The van der Waals surface area contributed by atoms with E-state index in [1.165, 1.54) is 25.7 Å². The van der Waals surface area contributed by atoms with Crippen LogP contribution in [0.2, 0.25) is 0 Å². The second-order valence-electron chi connectivity index (χ2n) is 4.99. The van der Waals surface area contributed by atoms with Gasteiger partial charge in [-0.3, -0.25) is 0 Å². The molecular weight excluding hydrogens is 254 g/mol. The van der Waals surface area contributed by atoms with Crippen molar-refractivity contribution in [2.45, 2.75) is 45.4 Å². The molecule has 0 saturated heterocycles. The highest BCUT2D eigenvalue weighted by Gasteiger charge is 2.07. The molecule has 19 heavy (non-hydrogen) atoms. The van der Waals surface area contributed by atoms with Crippen LogP contribution in [-0.2, 0) is 6.42 Å². The molecule has 2 rings (SSSR count). The van der Waals surface area contributed by atoms with Crippen LogP contribution in [0.25, 0.3) is 10.9 Å². The Balaban J connectivity index is 2.15. The minimum atomic E-state index is 0.254. The lowest BCUT2D eigenvalue weighted by Gasteiger charge is -2.08. The Morgan fingerprint density at radius 3 is 2.63 bits per heavy atom. The van der Waals surface area contributed by atoms with Gasteiger partial charge in [-0.1, -0.05) is 63.0 Å². The van der Waals surface area contributed by atoms with E-state index in [9.17, 15) is 5.11 Å². The zero-order valence-corrected chi connectivity index (χ0v) is 12.2. The van der Waals surface area contributed by atoms with Crippen LogP contribution >= 0.6 is 12.2 Å². The third kappa shape index (κ3) is 3.35. The molecule has 0 radical (unpaired) electrons. The van der Waals surface area contributed by atoms with E-state index in [1.807, 2.05) is 24.3 Å². The van der Waals surface area contributed by atoms with Crippen molar-refractivity contribution in [2.75, 3.05) is 0 Å². The fourth-order valence-electron chi connectivity index (χ4n) is 2.36. The van der Waals surface area contributed by atoms with E-state index in [0.717, 1.165) is 29.4 Å². The van der Waals surface area contributed by atoms with Crippen LogP contribution in [0.5, 0.6) is 5.75 Å². The lowest BCUT2D eigenvalue weighted by atomic mass is 10.1. The van der Waals surface area contributed by atoms with Crippen LogP contribution < -0.4 is 0 Å². The monoisotopic (exact) mass is 275 g/mol. The van der Waals surface area contributed by atoms with Gasteiger partial charge in [-0.05, 0) is 18.9 Å². The summed E-state index contributed by atoms with van der Waals surface area (Å²) >= 11 is 5.33. The number of fused-ring (bicyclic) bond motifs is 1. The van der Waals surface area contributed by atoms with E-state index in [0.29, 0.717) is 4.51 Å². The predicted octanol–water partition coefficient (Wildman–Crippen LogP) is 5.12. The molecule has 3 heteroatoms. The van der Waals surface area contributed by atoms with Crippen molar-refractivity contribution in [2.24, 2.45) is 0 Å². The van der Waals surface area contributed by atoms with Crippen LogP contribution in [0.4, 0.5) is 0 Å². The molecule has 0 aliphatic carbocycles. The Morgan fingerprint density at radius 2 is 1.84 bits per heavy atom. The van der Waals surface area contributed by atoms with Crippen molar-refractivity contribution < 1.29 is 5.11 Å². The number of aromatic amines is 1. The maximum Gasteiger partial charge on any atom is 0.153 e. The third-order valence-corrected chi connectivity index (χ3v) is 3.90. The number of benzene rings is 1. The molecule has 2 aromatic rings. The number of para-hydroxylation sites is 1. The smallest absolute Gasteiger partial charge is 0.153 e. The molecule has 0 bridgehead atoms. The van der Waals surface area contributed by atoms with Crippen molar-refractivity contribution in [3.05, 3.63) is 34.5 Å². The van der Waals surface area contributed by atoms with E-state index >= 15 is 0 Å². The second kappa shape index (κ2) is 6.71. The van der Waals surface area contributed by atoms with E-state index in [4.69, 9.17) is 12.2 Å². The molecule has 1 heterocycles. The van der Waals surface area contributed by atoms with Gasteiger partial charge >= 0.3 is 0 Å². The van der Waals surface area contributed by atoms with Gasteiger partial charge in [0.1, 0.15) is 0 Å². The number of nitrogens with one attached hydrogen (secondary N) is 1. The van der Waals surface area contributed by atoms with E-state index in [-0.39, 0.29) is 5.75 Å². The summed E-state index contributed by atoms with van der Waals surface area (Å²) in [6.07, 6.45) is 6.98. The number of hydrogen-bond acceptors (Lipinski definition) is 2. The first-order chi connectivity index (χ1) is 9.24. The summed E-state index contributed by atoms with van der Waals surface area (Å²) in [6.45, 7) is 2.21. The molecule has 2 nitrogen and oxygen atoms in total. The minimum Gasteiger partial charge on any atom is -0.505 e.